The van der Waals surface area contributed by atoms with Gasteiger partial charge in [-0.25, -0.2) is 4.98 Å². The molecule has 2 aromatic rings. The molecular formula is C19H27N3O. The van der Waals surface area contributed by atoms with Gasteiger partial charge in [-0.05, 0) is 36.5 Å². The van der Waals surface area contributed by atoms with Gasteiger partial charge in [0, 0.05) is 24.6 Å². The molecule has 1 saturated heterocycles. The number of piperidine rings is 1. The van der Waals surface area contributed by atoms with Gasteiger partial charge in [-0.1, -0.05) is 27.7 Å². The summed E-state index contributed by atoms with van der Waals surface area (Å²) in [5.74, 6) is 2.89. The summed E-state index contributed by atoms with van der Waals surface area (Å²) in [6, 6.07) is 5.81. The summed E-state index contributed by atoms with van der Waals surface area (Å²) < 4.78 is 0. The van der Waals surface area contributed by atoms with Gasteiger partial charge in [-0.3, -0.25) is 9.69 Å². The molecule has 3 rings (SSSR count). The van der Waals surface area contributed by atoms with Crippen LogP contribution in [-0.2, 0) is 0 Å². The lowest BCUT2D eigenvalue weighted by atomic mass is 9.91. The van der Waals surface area contributed by atoms with Crippen molar-refractivity contribution >= 4 is 16.8 Å². The van der Waals surface area contributed by atoms with Crippen molar-refractivity contribution in [3.05, 3.63) is 29.6 Å². The number of aromatic nitrogens is 2. The fourth-order valence-corrected chi connectivity index (χ4v) is 3.69. The molecule has 1 fully saturated rings. The van der Waals surface area contributed by atoms with Crippen molar-refractivity contribution < 1.29 is 4.79 Å². The van der Waals surface area contributed by atoms with Crippen molar-refractivity contribution in [2.24, 2.45) is 11.8 Å². The Morgan fingerprint density at radius 1 is 1.30 bits per heavy atom. The minimum atomic E-state index is 0.203. The van der Waals surface area contributed by atoms with Crippen LogP contribution in [0.25, 0.3) is 11.0 Å². The lowest BCUT2D eigenvalue weighted by Crippen LogP contribution is -2.41. The number of Topliss-reactive ketones (excluding diaryl/α,β-unsaturated/α-hetero) is 1. The molecule has 4 nitrogen and oxygen atoms in total. The van der Waals surface area contributed by atoms with E-state index in [1.165, 1.54) is 6.42 Å². The van der Waals surface area contributed by atoms with Crippen LogP contribution in [0.3, 0.4) is 0 Å². The number of hydrogen-bond acceptors (Lipinski definition) is 3. The summed E-state index contributed by atoms with van der Waals surface area (Å²) in [5.41, 5.74) is 2.67. The van der Waals surface area contributed by atoms with Crippen molar-refractivity contribution in [1.29, 1.82) is 0 Å². The summed E-state index contributed by atoms with van der Waals surface area (Å²) in [7, 11) is 0. The Balaban J connectivity index is 1.75. The average molecular weight is 313 g/mol. The minimum Gasteiger partial charge on any atom is -0.342 e. The van der Waals surface area contributed by atoms with Crippen molar-refractivity contribution in [2.45, 2.75) is 40.0 Å². The number of nitrogens with one attached hydrogen (secondary N) is 1. The van der Waals surface area contributed by atoms with Crippen LogP contribution in [0.1, 0.15) is 56.2 Å². The highest BCUT2D eigenvalue weighted by Gasteiger charge is 2.23. The molecule has 1 aromatic heterocycles. The van der Waals surface area contributed by atoms with Crippen LogP contribution in [-0.4, -0.2) is 40.3 Å². The zero-order chi connectivity index (χ0) is 16.6. The van der Waals surface area contributed by atoms with Crippen LogP contribution in [0, 0.1) is 11.8 Å². The molecule has 1 aromatic carbocycles. The number of ketones is 1. The van der Waals surface area contributed by atoms with Crippen molar-refractivity contribution in [3.8, 4) is 0 Å². The first-order chi connectivity index (χ1) is 10.9. The Morgan fingerprint density at radius 2 is 2.00 bits per heavy atom. The SMILES string of the molecule is CC1CC(C)CN(CC(=O)c2ccc3nc(C(C)C)[nH]c3c2)C1. The number of hydrogen-bond donors (Lipinski definition) is 1. The normalized spacial score (nSPS) is 22.8. The van der Waals surface area contributed by atoms with Crippen molar-refractivity contribution in [1.82, 2.24) is 14.9 Å². The summed E-state index contributed by atoms with van der Waals surface area (Å²) in [6.07, 6.45) is 1.27. The molecular weight excluding hydrogens is 286 g/mol. The fourth-order valence-electron chi connectivity index (χ4n) is 3.69. The third-order valence-corrected chi connectivity index (χ3v) is 4.68. The lowest BCUT2D eigenvalue weighted by molar-refractivity contribution is 0.0849. The van der Waals surface area contributed by atoms with Gasteiger partial charge in [-0.15, -0.1) is 0 Å². The highest BCUT2D eigenvalue weighted by Crippen LogP contribution is 2.22. The maximum atomic E-state index is 12.6. The first-order valence-electron chi connectivity index (χ1n) is 8.67. The molecule has 1 aliphatic heterocycles. The fraction of sp³-hybridized carbons (Fsp3) is 0.579. The number of likely N-dealkylation sites (tertiary alicyclic amines) is 1. The number of carbonyl (C=O) groups excluding carboxylic acids is 1. The van der Waals surface area contributed by atoms with Crippen LogP contribution >= 0.6 is 0 Å². The molecule has 0 radical (unpaired) electrons. The molecule has 1 N–H and O–H groups in total. The minimum absolute atomic E-state index is 0.203. The zero-order valence-electron chi connectivity index (χ0n) is 14.6. The molecule has 0 amide bonds. The van der Waals surface area contributed by atoms with Crippen LogP contribution < -0.4 is 0 Å². The molecule has 2 unspecified atom stereocenters. The smallest absolute Gasteiger partial charge is 0.176 e. The van der Waals surface area contributed by atoms with Gasteiger partial charge in [0.1, 0.15) is 5.82 Å². The standard InChI is InChI=1S/C19H27N3O/c1-12(2)19-20-16-6-5-15(8-17(16)21-19)18(23)11-22-9-13(3)7-14(4)10-22/h5-6,8,12-14H,7,9-11H2,1-4H3,(H,20,21). The molecule has 2 atom stereocenters. The van der Waals surface area contributed by atoms with Crippen molar-refractivity contribution in [3.63, 3.8) is 0 Å². The number of carbonyl (C=O) groups is 1. The average Bonchev–Trinajstić information content (AvgIpc) is 2.89. The Morgan fingerprint density at radius 3 is 2.65 bits per heavy atom. The third-order valence-electron chi connectivity index (χ3n) is 4.68. The van der Waals surface area contributed by atoms with Crippen LogP contribution in [0.15, 0.2) is 18.2 Å². The van der Waals surface area contributed by atoms with Crippen LogP contribution in [0.5, 0.6) is 0 Å². The van der Waals surface area contributed by atoms with Gasteiger partial charge >= 0.3 is 0 Å². The van der Waals surface area contributed by atoms with Gasteiger partial charge in [0.25, 0.3) is 0 Å². The lowest BCUT2D eigenvalue weighted by Gasteiger charge is -2.34. The summed E-state index contributed by atoms with van der Waals surface area (Å²) in [4.78, 5) is 22.8. The van der Waals surface area contributed by atoms with E-state index in [0.717, 1.165) is 35.5 Å². The monoisotopic (exact) mass is 313 g/mol. The van der Waals surface area contributed by atoms with Gasteiger partial charge in [0.05, 0.1) is 17.6 Å². The van der Waals surface area contributed by atoms with E-state index in [-0.39, 0.29) is 5.78 Å². The van der Waals surface area contributed by atoms with Gasteiger partial charge < -0.3 is 4.98 Å². The second kappa shape index (κ2) is 6.44. The Kier molecular flexibility index (Phi) is 4.53. The molecule has 124 valence electrons. The number of nitrogens with zero attached hydrogens (tertiary/aromatic N) is 2. The molecule has 4 heteroatoms. The van der Waals surface area contributed by atoms with E-state index in [1.54, 1.807) is 0 Å². The topological polar surface area (TPSA) is 49.0 Å². The van der Waals surface area contributed by atoms with E-state index < -0.39 is 0 Å². The summed E-state index contributed by atoms with van der Waals surface area (Å²) >= 11 is 0. The highest BCUT2D eigenvalue weighted by atomic mass is 16.1. The van der Waals surface area contributed by atoms with E-state index in [1.807, 2.05) is 18.2 Å². The summed E-state index contributed by atoms with van der Waals surface area (Å²) in [6.45, 7) is 11.4. The number of fused-ring (bicyclic) bond motifs is 1. The molecule has 0 saturated carbocycles. The van der Waals surface area contributed by atoms with Crippen LogP contribution in [0.2, 0.25) is 0 Å². The van der Waals surface area contributed by atoms with Crippen LogP contribution in [0.4, 0.5) is 0 Å². The van der Waals surface area contributed by atoms with E-state index in [9.17, 15) is 4.79 Å². The molecule has 23 heavy (non-hydrogen) atoms. The summed E-state index contributed by atoms with van der Waals surface area (Å²) in [5, 5.41) is 0. The number of rotatable bonds is 4. The zero-order valence-corrected chi connectivity index (χ0v) is 14.6. The van der Waals surface area contributed by atoms with E-state index in [2.05, 4.69) is 42.6 Å². The highest BCUT2D eigenvalue weighted by molar-refractivity contribution is 6.00. The third kappa shape index (κ3) is 3.63. The largest absolute Gasteiger partial charge is 0.342 e. The second-order valence-electron chi connectivity index (χ2n) is 7.57. The molecule has 1 aliphatic rings. The maximum Gasteiger partial charge on any atom is 0.176 e. The number of benzene rings is 1. The van der Waals surface area contributed by atoms with E-state index >= 15 is 0 Å². The quantitative estimate of drug-likeness (QED) is 0.872. The van der Waals surface area contributed by atoms with E-state index in [0.29, 0.717) is 24.3 Å². The first kappa shape index (κ1) is 16.2. The second-order valence-corrected chi connectivity index (χ2v) is 7.57. The first-order valence-corrected chi connectivity index (χ1v) is 8.67. The van der Waals surface area contributed by atoms with Crippen molar-refractivity contribution in [2.75, 3.05) is 19.6 Å². The molecule has 0 aliphatic carbocycles. The van der Waals surface area contributed by atoms with Gasteiger partial charge in [-0.2, -0.15) is 0 Å². The Hall–Kier alpha value is -1.68. The molecule has 2 heterocycles. The number of aromatic amines is 1. The van der Waals surface area contributed by atoms with E-state index in [4.69, 9.17) is 0 Å². The number of imidazole rings is 1. The maximum absolute atomic E-state index is 12.6. The Labute approximate surface area is 138 Å². The predicted molar refractivity (Wildman–Crippen MR) is 93.9 cm³/mol. The predicted octanol–water partition coefficient (Wildman–Crippen LogP) is 3.85. The molecule has 0 spiro atoms. The molecule has 0 bridgehead atoms. The Bertz CT molecular complexity index is 694. The van der Waals surface area contributed by atoms with Gasteiger partial charge in [0.15, 0.2) is 5.78 Å². The van der Waals surface area contributed by atoms with Gasteiger partial charge in [0.2, 0.25) is 0 Å². The number of H-pyrrole nitrogens is 1.